The molecule has 0 bridgehead atoms. The topological polar surface area (TPSA) is 76.8 Å². The Kier molecular flexibility index (Phi) is 18.8. The van der Waals surface area contributed by atoms with E-state index in [9.17, 15) is 0 Å². The molecular formula is C4H5IN4Tl2U-. The van der Waals surface area contributed by atoms with Gasteiger partial charge in [0, 0.05) is 58.4 Å². The normalized spacial score (nSPS) is 11.0. The van der Waals surface area contributed by atoms with Crippen molar-refractivity contribution in [3.05, 3.63) is 12.2 Å². The molecule has 0 aromatic heterocycles. The number of halogens is 1. The molecule has 4 nitrogen and oxygen atoms in total. The number of nitrogens with zero attached hydrogens (tertiary/aromatic N) is 2. The maximum absolute atomic E-state index is 5.41. The first kappa shape index (κ1) is 19.8. The van der Waals surface area contributed by atoms with E-state index >= 15 is 0 Å². The van der Waals surface area contributed by atoms with Gasteiger partial charge in [0.15, 0.2) is 0 Å². The number of rotatable bonds is 2. The SMILES string of the molecule is [CH-]=C(C(N)=NI)C(N)=[N][Tl].[Tl].[U]. The molecule has 0 saturated heterocycles. The van der Waals surface area contributed by atoms with Gasteiger partial charge in [0.2, 0.25) is 0 Å². The number of nitrogens with two attached hydrogens (primary N) is 2. The Morgan fingerprint density at radius 1 is 1.33 bits per heavy atom. The van der Waals surface area contributed by atoms with E-state index in [2.05, 4.69) is 6.01 Å². The average Bonchev–Trinajstić information content (AvgIpc) is 2.00. The summed E-state index contributed by atoms with van der Waals surface area (Å²) in [5.74, 6) is 0.505. The zero-order valence-electron chi connectivity index (χ0n) is 6.16. The average molecular weight is 883 g/mol. The van der Waals surface area contributed by atoms with Crippen molar-refractivity contribution in [2.45, 2.75) is 0 Å². The third kappa shape index (κ3) is 7.69. The summed E-state index contributed by atoms with van der Waals surface area (Å²) in [6.07, 6.45) is 0. The van der Waals surface area contributed by atoms with E-state index in [1.165, 1.54) is 0 Å². The zero-order valence-corrected chi connectivity index (χ0v) is 21.5. The van der Waals surface area contributed by atoms with Crippen molar-refractivity contribution in [3.8, 4) is 0 Å². The molecule has 0 aromatic rings. The first-order valence-electron chi connectivity index (χ1n) is 2.24. The Hall–Kier alpha value is 2.31. The summed E-state index contributed by atoms with van der Waals surface area (Å²) >= 11 is 2.18. The van der Waals surface area contributed by atoms with Gasteiger partial charge in [-0.1, -0.05) is 0 Å². The molecule has 0 saturated carbocycles. The van der Waals surface area contributed by atoms with Gasteiger partial charge in [0.1, 0.15) is 0 Å². The molecule has 0 spiro atoms. The van der Waals surface area contributed by atoms with E-state index in [-0.39, 0.29) is 75.7 Å². The van der Waals surface area contributed by atoms with Crippen LogP contribution in [0, 0.1) is 37.7 Å². The summed E-state index contributed by atoms with van der Waals surface area (Å²) in [6.45, 7) is 5.41. The molecule has 0 rings (SSSR count). The second-order valence-corrected chi connectivity index (χ2v) is 2.88. The van der Waals surface area contributed by atoms with Gasteiger partial charge in [0.25, 0.3) is 0 Å². The monoisotopic (exact) mass is 884 g/mol. The van der Waals surface area contributed by atoms with Crippen LogP contribution in [-0.2, 0) is 0 Å². The largest absolute Gasteiger partial charge is 0 e. The van der Waals surface area contributed by atoms with Crippen LogP contribution in [0.25, 0.3) is 0 Å². The maximum Gasteiger partial charge on any atom is 0 e. The summed E-state index contributed by atoms with van der Waals surface area (Å²) in [4.78, 5) is 0. The number of amidine groups is 2. The summed E-state index contributed by atoms with van der Waals surface area (Å²) in [5.41, 5.74) is 11.0. The first-order valence-corrected chi connectivity index (χ1v) is 5.21. The van der Waals surface area contributed by atoms with Gasteiger partial charge in [-0.25, -0.2) is 0 Å². The molecule has 1 radical (unpaired) electrons. The van der Waals surface area contributed by atoms with E-state index in [0.717, 1.165) is 0 Å². The zero-order chi connectivity index (χ0) is 8.15. The molecule has 0 heterocycles. The van der Waals surface area contributed by atoms with Gasteiger partial charge in [-0.2, -0.15) is 0 Å². The molecule has 0 aliphatic rings. The maximum atomic E-state index is 5.41. The molecule has 12 heavy (non-hydrogen) atoms. The Bertz CT molecular complexity index is 185. The van der Waals surface area contributed by atoms with Gasteiger partial charge in [-0.05, 0) is 0 Å². The Balaban J connectivity index is -0.000000405. The third-order valence-electron chi connectivity index (χ3n) is 0.782. The van der Waals surface area contributed by atoms with E-state index < -0.39 is 0 Å². The Morgan fingerprint density at radius 3 is 2.00 bits per heavy atom. The molecule has 0 aliphatic heterocycles. The smallest absolute Gasteiger partial charge is 0 e. The summed E-state index contributed by atoms with van der Waals surface area (Å²) in [7, 11) is 0. The molecule has 0 amide bonds. The molecule has 4 N–H and O–H groups in total. The minimum atomic E-state index is 0. The van der Waals surface area contributed by atoms with Gasteiger partial charge in [-0.15, -0.1) is 0 Å². The Morgan fingerprint density at radius 2 is 1.75 bits per heavy atom. The number of hydrogen-bond acceptors (Lipinski definition) is 2. The van der Waals surface area contributed by atoms with Crippen molar-refractivity contribution < 1.29 is 31.1 Å². The molecule has 0 aromatic carbocycles. The molecule has 0 unspecified atom stereocenters. The van der Waals surface area contributed by atoms with E-state index in [1.807, 2.05) is 0 Å². The number of hydrogen-bond donors (Lipinski definition) is 2. The van der Waals surface area contributed by atoms with Gasteiger partial charge in [0.05, 0.1) is 0 Å². The van der Waals surface area contributed by atoms with Gasteiger partial charge >= 0.3 is 90.2 Å². The van der Waals surface area contributed by atoms with Crippen LogP contribution in [0.5, 0.6) is 0 Å². The van der Waals surface area contributed by atoms with Crippen LogP contribution in [0.1, 0.15) is 0 Å². The van der Waals surface area contributed by atoms with Gasteiger partial charge in [-0.3, -0.25) is 0 Å². The minimum Gasteiger partial charge on any atom is 0 e. The molecule has 8 heteroatoms. The fraction of sp³-hybridized carbons (Fsp3) is 0. The van der Waals surface area contributed by atoms with Crippen LogP contribution < -0.4 is 11.5 Å². The predicted octanol–water partition coefficient (Wildman–Crippen LogP) is -0.887. The summed E-state index contributed by atoms with van der Waals surface area (Å²) < 4.78 is 7.41. The van der Waals surface area contributed by atoms with Crippen LogP contribution >= 0.6 is 22.9 Å². The second kappa shape index (κ2) is 11.4. The third-order valence-corrected chi connectivity index (χ3v) is 2.38. The fourth-order valence-electron chi connectivity index (χ4n) is 0.246. The van der Waals surface area contributed by atoms with E-state index in [4.69, 9.17) is 18.0 Å². The fourth-order valence-corrected chi connectivity index (χ4v) is 1.05. The van der Waals surface area contributed by atoms with Gasteiger partial charge < -0.3 is 0 Å². The van der Waals surface area contributed by atoms with Crippen LogP contribution in [-0.4, -0.2) is 65.0 Å². The van der Waals surface area contributed by atoms with Crippen LogP contribution in [0.3, 0.4) is 0 Å². The van der Waals surface area contributed by atoms with Crippen molar-refractivity contribution in [2.24, 2.45) is 17.5 Å². The molecule has 0 aliphatic carbocycles. The standard InChI is InChI=1S/C4H5IN4.2Tl.U/c1-2(3(6)7)4(8)9-5;;;/h1H,(H4-,6,7,8,9);;;/q-2;;+1;. The van der Waals surface area contributed by atoms with Crippen LogP contribution in [0.4, 0.5) is 0 Å². The second-order valence-electron chi connectivity index (χ2n) is 1.40. The first-order chi connectivity index (χ1) is 4.63. The van der Waals surface area contributed by atoms with E-state index in [1.54, 1.807) is 22.9 Å². The predicted molar refractivity (Wildman–Crippen MR) is 56.6 cm³/mol. The Labute approximate surface area is 146 Å². The summed E-state index contributed by atoms with van der Waals surface area (Å²) in [5, 5.41) is 0. The molecule has 59 valence electrons. The molecule has 0 atom stereocenters. The van der Waals surface area contributed by atoms with Crippen molar-refractivity contribution in [1.82, 2.24) is 0 Å². The summed E-state index contributed by atoms with van der Waals surface area (Å²) in [6, 6.07) is 0. The van der Waals surface area contributed by atoms with Crippen molar-refractivity contribution >= 4 is 87.9 Å². The van der Waals surface area contributed by atoms with Crippen molar-refractivity contribution in [1.29, 1.82) is 0 Å². The quantitative estimate of drug-likeness (QED) is 0.125. The molecular weight excluding hydrogens is 878 g/mol. The molecule has 0 fully saturated rings. The van der Waals surface area contributed by atoms with Crippen molar-refractivity contribution in [3.63, 3.8) is 0 Å². The van der Waals surface area contributed by atoms with Crippen LogP contribution in [0.15, 0.2) is 11.6 Å². The van der Waals surface area contributed by atoms with Crippen molar-refractivity contribution in [2.75, 3.05) is 0 Å². The van der Waals surface area contributed by atoms with Crippen LogP contribution in [0.2, 0.25) is 0 Å². The van der Waals surface area contributed by atoms with E-state index in [0.29, 0.717) is 26.1 Å². The minimum absolute atomic E-state index is 0.